The van der Waals surface area contributed by atoms with Crippen LogP contribution in [-0.4, -0.2) is 39.3 Å². The smallest absolute Gasteiger partial charge is 0.258 e. The first-order valence-corrected chi connectivity index (χ1v) is 10.1. The van der Waals surface area contributed by atoms with Gasteiger partial charge in [-0.2, -0.15) is 0 Å². The maximum absolute atomic E-state index is 12.2. The molecule has 0 radical (unpaired) electrons. The molecule has 0 heterocycles. The van der Waals surface area contributed by atoms with Crippen LogP contribution in [0.1, 0.15) is 24.1 Å². The van der Waals surface area contributed by atoms with Crippen LogP contribution in [-0.2, 0) is 14.8 Å². The molecule has 1 unspecified atom stereocenters. The summed E-state index contributed by atoms with van der Waals surface area (Å²) < 4.78 is 31.0. The number of aryl methyl sites for hydroxylation is 1. The zero-order valence-corrected chi connectivity index (χ0v) is 17.3. The van der Waals surface area contributed by atoms with E-state index in [0.29, 0.717) is 16.3 Å². The summed E-state index contributed by atoms with van der Waals surface area (Å²) in [5.41, 5.74) is 1.57. The molecule has 0 aromatic heterocycles. The van der Waals surface area contributed by atoms with Crippen molar-refractivity contribution in [2.75, 3.05) is 20.7 Å². The van der Waals surface area contributed by atoms with E-state index in [1.54, 1.807) is 25.1 Å². The molecular weight excluding hydrogens is 388 g/mol. The lowest BCUT2D eigenvalue weighted by molar-refractivity contribution is -0.123. The molecular formula is C19H23ClN2O4S. The average molecular weight is 411 g/mol. The third-order valence-corrected chi connectivity index (χ3v) is 6.09. The van der Waals surface area contributed by atoms with E-state index in [2.05, 4.69) is 5.32 Å². The molecule has 27 heavy (non-hydrogen) atoms. The predicted octanol–water partition coefficient (Wildman–Crippen LogP) is 3.15. The van der Waals surface area contributed by atoms with Crippen molar-refractivity contribution >= 4 is 27.5 Å². The molecule has 2 aromatic carbocycles. The van der Waals surface area contributed by atoms with E-state index < -0.39 is 10.0 Å². The van der Waals surface area contributed by atoms with Gasteiger partial charge in [0, 0.05) is 19.1 Å². The molecule has 146 valence electrons. The van der Waals surface area contributed by atoms with Crippen LogP contribution in [0.25, 0.3) is 0 Å². The van der Waals surface area contributed by atoms with Crippen LogP contribution >= 0.6 is 11.6 Å². The summed E-state index contributed by atoms with van der Waals surface area (Å²) in [7, 11) is -0.561. The number of amides is 1. The van der Waals surface area contributed by atoms with Gasteiger partial charge in [-0.05, 0) is 55.3 Å². The van der Waals surface area contributed by atoms with Crippen molar-refractivity contribution in [1.82, 2.24) is 9.62 Å². The van der Waals surface area contributed by atoms with Crippen molar-refractivity contribution in [2.45, 2.75) is 24.8 Å². The maximum atomic E-state index is 12.2. The minimum Gasteiger partial charge on any atom is -0.484 e. The summed E-state index contributed by atoms with van der Waals surface area (Å²) in [5.74, 6) is 0.184. The Hall–Kier alpha value is -2.09. The normalized spacial score (nSPS) is 12.7. The molecule has 0 aliphatic rings. The molecule has 1 atom stereocenters. The summed E-state index contributed by atoms with van der Waals surface area (Å²) in [6.45, 7) is 3.43. The van der Waals surface area contributed by atoms with Crippen LogP contribution < -0.4 is 10.1 Å². The molecule has 8 heteroatoms. The molecule has 6 nitrogen and oxygen atoms in total. The van der Waals surface area contributed by atoms with Crippen LogP contribution in [0.5, 0.6) is 5.75 Å². The van der Waals surface area contributed by atoms with Gasteiger partial charge in [0.25, 0.3) is 5.91 Å². The van der Waals surface area contributed by atoms with Crippen molar-refractivity contribution in [1.29, 1.82) is 0 Å². The molecule has 0 saturated carbocycles. The summed E-state index contributed by atoms with van der Waals surface area (Å²) in [4.78, 5) is 12.3. The first-order valence-electron chi connectivity index (χ1n) is 8.32. The number of hydrogen-bond donors (Lipinski definition) is 1. The molecule has 0 fully saturated rings. The number of halogens is 1. The number of sulfonamides is 1. The minimum absolute atomic E-state index is 0.168. The van der Waals surface area contributed by atoms with E-state index in [1.807, 2.05) is 19.1 Å². The Morgan fingerprint density at radius 1 is 1.19 bits per heavy atom. The minimum atomic E-state index is -3.51. The van der Waals surface area contributed by atoms with Crippen LogP contribution in [0.3, 0.4) is 0 Å². The van der Waals surface area contributed by atoms with Crippen LogP contribution in [0.2, 0.25) is 5.02 Å². The molecule has 1 amide bonds. The van der Waals surface area contributed by atoms with Crippen molar-refractivity contribution in [3.05, 3.63) is 58.6 Å². The Kier molecular flexibility index (Phi) is 6.86. The van der Waals surface area contributed by atoms with Gasteiger partial charge in [0.15, 0.2) is 6.61 Å². The number of nitrogens with zero attached hydrogens (tertiary/aromatic N) is 1. The van der Waals surface area contributed by atoms with Crippen molar-refractivity contribution < 1.29 is 17.9 Å². The van der Waals surface area contributed by atoms with Gasteiger partial charge in [-0.3, -0.25) is 4.79 Å². The largest absolute Gasteiger partial charge is 0.484 e. The highest BCUT2D eigenvalue weighted by Gasteiger charge is 2.18. The lowest BCUT2D eigenvalue weighted by Crippen LogP contribution is -2.31. The third-order valence-electron chi connectivity index (χ3n) is 4.03. The van der Waals surface area contributed by atoms with E-state index in [1.165, 1.54) is 26.2 Å². The highest BCUT2D eigenvalue weighted by Crippen LogP contribution is 2.23. The summed E-state index contributed by atoms with van der Waals surface area (Å²) in [5, 5.41) is 3.48. The number of hydrogen-bond acceptors (Lipinski definition) is 4. The zero-order valence-electron chi connectivity index (χ0n) is 15.7. The van der Waals surface area contributed by atoms with Gasteiger partial charge in [-0.15, -0.1) is 0 Å². The fourth-order valence-corrected chi connectivity index (χ4v) is 3.53. The van der Waals surface area contributed by atoms with Crippen LogP contribution in [0.4, 0.5) is 0 Å². The Morgan fingerprint density at radius 2 is 1.81 bits per heavy atom. The SMILES string of the molecule is Cc1cc(S(=O)(=O)N(C)C)ccc1OCC(=O)NC(C)c1ccc(Cl)cc1. The number of carbonyl (C=O) groups excluding carboxylic acids is 1. The summed E-state index contributed by atoms with van der Waals surface area (Å²) in [6.07, 6.45) is 0. The fraction of sp³-hybridized carbons (Fsp3) is 0.316. The highest BCUT2D eigenvalue weighted by atomic mass is 35.5. The number of carbonyl (C=O) groups is 1. The Labute approximate surface area is 165 Å². The summed E-state index contributed by atoms with van der Waals surface area (Å²) in [6, 6.07) is 11.6. The Morgan fingerprint density at radius 3 is 2.37 bits per heavy atom. The monoisotopic (exact) mass is 410 g/mol. The third kappa shape index (κ3) is 5.45. The van der Waals surface area contributed by atoms with E-state index in [0.717, 1.165) is 9.87 Å². The first-order chi connectivity index (χ1) is 12.6. The Balaban J connectivity index is 1.98. The van der Waals surface area contributed by atoms with Gasteiger partial charge in [0.1, 0.15) is 5.75 Å². The number of nitrogens with one attached hydrogen (secondary N) is 1. The topological polar surface area (TPSA) is 75.7 Å². The second-order valence-corrected chi connectivity index (χ2v) is 8.93. The lowest BCUT2D eigenvalue weighted by Gasteiger charge is -2.16. The van der Waals surface area contributed by atoms with Gasteiger partial charge in [-0.1, -0.05) is 23.7 Å². The van der Waals surface area contributed by atoms with Gasteiger partial charge >= 0.3 is 0 Å². The fourth-order valence-electron chi connectivity index (χ4n) is 2.42. The van der Waals surface area contributed by atoms with Gasteiger partial charge in [-0.25, -0.2) is 12.7 Å². The quantitative estimate of drug-likeness (QED) is 0.760. The second kappa shape index (κ2) is 8.73. The van der Waals surface area contributed by atoms with Gasteiger partial charge in [0.2, 0.25) is 10.0 Å². The summed E-state index contributed by atoms with van der Waals surface area (Å²) >= 11 is 5.86. The van der Waals surface area contributed by atoms with Crippen molar-refractivity contribution in [3.8, 4) is 5.75 Å². The predicted molar refractivity (Wildman–Crippen MR) is 106 cm³/mol. The average Bonchev–Trinajstić information content (AvgIpc) is 2.60. The molecule has 0 spiro atoms. The van der Waals surface area contributed by atoms with E-state index in [9.17, 15) is 13.2 Å². The maximum Gasteiger partial charge on any atom is 0.258 e. The Bertz CT molecular complexity index is 912. The first kappa shape index (κ1) is 21.2. The molecule has 0 saturated heterocycles. The van der Waals surface area contributed by atoms with E-state index in [4.69, 9.17) is 16.3 Å². The van der Waals surface area contributed by atoms with Gasteiger partial charge in [0.05, 0.1) is 10.9 Å². The molecule has 1 N–H and O–H groups in total. The van der Waals surface area contributed by atoms with E-state index in [-0.39, 0.29) is 23.5 Å². The number of benzene rings is 2. The highest BCUT2D eigenvalue weighted by molar-refractivity contribution is 7.89. The molecule has 0 bridgehead atoms. The lowest BCUT2D eigenvalue weighted by atomic mass is 10.1. The second-order valence-electron chi connectivity index (χ2n) is 6.34. The molecule has 2 rings (SSSR count). The van der Waals surface area contributed by atoms with Crippen molar-refractivity contribution in [2.24, 2.45) is 0 Å². The van der Waals surface area contributed by atoms with E-state index >= 15 is 0 Å². The van der Waals surface area contributed by atoms with Gasteiger partial charge < -0.3 is 10.1 Å². The molecule has 2 aromatic rings. The number of rotatable bonds is 7. The van der Waals surface area contributed by atoms with Crippen LogP contribution in [0, 0.1) is 6.92 Å². The van der Waals surface area contributed by atoms with Crippen LogP contribution in [0.15, 0.2) is 47.4 Å². The molecule has 0 aliphatic carbocycles. The standard InChI is InChI=1S/C19H23ClN2O4S/c1-13-11-17(27(24,25)22(3)4)9-10-18(13)26-12-19(23)21-14(2)15-5-7-16(20)8-6-15/h5-11,14H,12H2,1-4H3,(H,21,23). The molecule has 0 aliphatic heterocycles. The van der Waals surface area contributed by atoms with Crippen molar-refractivity contribution in [3.63, 3.8) is 0 Å². The zero-order chi connectivity index (χ0) is 20.2. The number of ether oxygens (including phenoxy) is 1.